The van der Waals surface area contributed by atoms with Gasteiger partial charge in [0.2, 0.25) is 0 Å². The highest BCUT2D eigenvalue weighted by Crippen LogP contribution is 2.45. The lowest BCUT2D eigenvalue weighted by atomic mass is 9.94. The molecule has 2 heterocycles. The van der Waals surface area contributed by atoms with Crippen LogP contribution in [0.3, 0.4) is 0 Å². The van der Waals surface area contributed by atoms with E-state index in [9.17, 15) is 24.8 Å². The Morgan fingerprint density at radius 1 is 1.03 bits per heavy atom. The summed E-state index contributed by atoms with van der Waals surface area (Å²) in [7, 11) is 1.85. The molecule has 1 aliphatic rings. The summed E-state index contributed by atoms with van der Waals surface area (Å²) in [6, 6.07) is 18.3. The third-order valence-corrected chi connectivity index (χ3v) is 6.34. The van der Waals surface area contributed by atoms with Gasteiger partial charge in [-0.05, 0) is 36.4 Å². The van der Waals surface area contributed by atoms with Gasteiger partial charge in [-0.1, -0.05) is 35.9 Å². The van der Waals surface area contributed by atoms with Crippen molar-refractivity contribution in [3.8, 4) is 0 Å². The first-order valence-corrected chi connectivity index (χ1v) is 11.0. The number of aliphatic hydroxyl groups is 1. The van der Waals surface area contributed by atoms with Crippen LogP contribution in [0.4, 0.5) is 11.4 Å². The van der Waals surface area contributed by atoms with Crippen LogP contribution in [-0.2, 0) is 16.6 Å². The highest BCUT2D eigenvalue weighted by molar-refractivity contribution is 6.52. The number of aromatic nitrogens is 1. The van der Waals surface area contributed by atoms with Crippen LogP contribution in [-0.4, -0.2) is 26.3 Å². The highest BCUT2D eigenvalue weighted by atomic mass is 35.5. The highest BCUT2D eigenvalue weighted by Gasteiger charge is 2.48. The summed E-state index contributed by atoms with van der Waals surface area (Å²) < 4.78 is 1.88. The Morgan fingerprint density at radius 3 is 2.43 bits per heavy atom. The monoisotopic (exact) mass is 487 g/mol. The standard InChI is InChI=1S/C26H18ClN3O5/c1-28-14-20(19-7-2-3-8-21(19)28)23-22(24(31)15-9-11-17(12-10-15)30(34)35)25(32)26(33)29(23)18-6-4-5-16(27)13-18/h2-14,23,31H,1H3/b24-22+. The third-order valence-electron chi connectivity index (χ3n) is 6.10. The molecule has 0 spiro atoms. The Kier molecular flexibility index (Phi) is 5.37. The lowest BCUT2D eigenvalue weighted by Crippen LogP contribution is -2.29. The van der Waals surface area contributed by atoms with Crippen LogP contribution in [0.1, 0.15) is 17.2 Å². The molecule has 1 amide bonds. The quantitative estimate of drug-likeness (QED) is 0.137. The predicted octanol–water partition coefficient (Wildman–Crippen LogP) is 5.37. The Morgan fingerprint density at radius 2 is 1.74 bits per heavy atom. The van der Waals surface area contributed by atoms with Gasteiger partial charge in [-0.2, -0.15) is 0 Å². The number of para-hydroxylation sites is 1. The molecule has 1 atom stereocenters. The number of carbonyl (C=O) groups is 2. The molecule has 174 valence electrons. The zero-order valence-corrected chi connectivity index (χ0v) is 19.1. The van der Waals surface area contributed by atoms with Gasteiger partial charge in [0.05, 0.1) is 16.5 Å². The molecule has 1 fully saturated rings. The van der Waals surface area contributed by atoms with Gasteiger partial charge >= 0.3 is 0 Å². The molecule has 1 unspecified atom stereocenters. The molecule has 0 saturated carbocycles. The summed E-state index contributed by atoms with van der Waals surface area (Å²) >= 11 is 6.19. The number of aryl methyl sites for hydroxylation is 1. The van der Waals surface area contributed by atoms with Gasteiger partial charge in [0.15, 0.2) is 0 Å². The fraction of sp³-hybridized carbons (Fsp3) is 0.0769. The normalized spacial score (nSPS) is 17.3. The van der Waals surface area contributed by atoms with E-state index in [1.54, 1.807) is 24.3 Å². The first kappa shape index (κ1) is 22.4. The van der Waals surface area contributed by atoms with E-state index in [1.807, 2.05) is 42.1 Å². The predicted molar refractivity (Wildman–Crippen MR) is 132 cm³/mol. The summed E-state index contributed by atoms with van der Waals surface area (Å²) in [5, 5.41) is 23.5. The van der Waals surface area contributed by atoms with Crippen LogP contribution in [0.2, 0.25) is 5.02 Å². The molecule has 0 bridgehead atoms. The molecule has 3 aromatic carbocycles. The number of halogens is 1. The topological polar surface area (TPSA) is 106 Å². The fourth-order valence-electron chi connectivity index (χ4n) is 4.51. The van der Waals surface area contributed by atoms with E-state index in [4.69, 9.17) is 11.6 Å². The van der Waals surface area contributed by atoms with Crippen molar-refractivity contribution in [2.45, 2.75) is 6.04 Å². The van der Waals surface area contributed by atoms with Crippen molar-refractivity contribution in [3.63, 3.8) is 0 Å². The minimum Gasteiger partial charge on any atom is -0.507 e. The molecule has 1 N–H and O–H groups in total. The molecular weight excluding hydrogens is 470 g/mol. The zero-order valence-electron chi connectivity index (χ0n) is 18.4. The summed E-state index contributed by atoms with van der Waals surface area (Å²) in [6.07, 6.45) is 1.82. The first-order chi connectivity index (χ1) is 16.8. The van der Waals surface area contributed by atoms with Crippen molar-refractivity contribution in [2.75, 3.05) is 4.90 Å². The van der Waals surface area contributed by atoms with E-state index >= 15 is 0 Å². The number of nitro groups is 1. The number of carbonyl (C=O) groups excluding carboxylic acids is 2. The number of fused-ring (bicyclic) bond motifs is 1. The van der Waals surface area contributed by atoms with E-state index in [0.717, 1.165) is 10.9 Å². The minimum absolute atomic E-state index is 0.111. The second kappa shape index (κ2) is 8.41. The lowest BCUT2D eigenvalue weighted by molar-refractivity contribution is -0.384. The maximum atomic E-state index is 13.3. The van der Waals surface area contributed by atoms with Crippen molar-refractivity contribution < 1.29 is 19.6 Å². The summed E-state index contributed by atoms with van der Waals surface area (Å²) in [5.41, 5.74) is 1.84. The maximum Gasteiger partial charge on any atom is 0.300 e. The molecule has 0 radical (unpaired) electrons. The van der Waals surface area contributed by atoms with E-state index in [-0.39, 0.29) is 16.8 Å². The SMILES string of the molecule is Cn1cc(C2/C(=C(\O)c3ccc([N+](=O)[O-])cc3)C(=O)C(=O)N2c2cccc(Cl)c2)c2ccccc21. The van der Waals surface area contributed by atoms with Crippen LogP contribution in [0.15, 0.2) is 84.6 Å². The minimum atomic E-state index is -0.949. The largest absolute Gasteiger partial charge is 0.507 e. The van der Waals surface area contributed by atoms with Gasteiger partial charge in [-0.25, -0.2) is 0 Å². The Bertz CT molecular complexity index is 1560. The average molecular weight is 488 g/mol. The second-order valence-corrected chi connectivity index (χ2v) is 8.60. The maximum absolute atomic E-state index is 13.3. The second-order valence-electron chi connectivity index (χ2n) is 8.17. The number of anilines is 1. The molecule has 9 heteroatoms. The Balaban J connectivity index is 1.78. The van der Waals surface area contributed by atoms with Gasteiger partial charge in [0.1, 0.15) is 5.76 Å². The number of ketones is 1. The number of nitro benzene ring substituents is 1. The van der Waals surface area contributed by atoms with E-state index in [1.165, 1.54) is 29.2 Å². The zero-order chi connectivity index (χ0) is 24.9. The molecule has 0 aliphatic carbocycles. The van der Waals surface area contributed by atoms with Crippen molar-refractivity contribution in [2.24, 2.45) is 7.05 Å². The van der Waals surface area contributed by atoms with Crippen LogP contribution in [0.25, 0.3) is 16.7 Å². The van der Waals surface area contributed by atoms with Gasteiger partial charge in [0.25, 0.3) is 17.4 Å². The van der Waals surface area contributed by atoms with Crippen molar-refractivity contribution in [3.05, 3.63) is 111 Å². The number of rotatable bonds is 4. The van der Waals surface area contributed by atoms with Gasteiger partial charge in [-0.3, -0.25) is 24.6 Å². The number of hydrogen-bond donors (Lipinski definition) is 1. The number of Topliss-reactive ketones (excluding diaryl/α,β-unsaturated/α-hetero) is 1. The molecule has 5 rings (SSSR count). The summed E-state index contributed by atoms with van der Waals surface area (Å²) in [4.78, 5) is 38.5. The van der Waals surface area contributed by atoms with Gasteiger partial charge in [-0.15, -0.1) is 0 Å². The number of benzene rings is 3. The Labute approximate surface area is 204 Å². The molecule has 35 heavy (non-hydrogen) atoms. The number of aliphatic hydroxyl groups excluding tert-OH is 1. The van der Waals surface area contributed by atoms with Crippen molar-refractivity contribution >= 4 is 51.3 Å². The van der Waals surface area contributed by atoms with Crippen LogP contribution in [0.5, 0.6) is 0 Å². The van der Waals surface area contributed by atoms with Crippen molar-refractivity contribution in [1.82, 2.24) is 4.57 Å². The summed E-state index contributed by atoms with van der Waals surface area (Å²) in [5.74, 6) is -2.09. The number of hydrogen-bond acceptors (Lipinski definition) is 5. The van der Waals surface area contributed by atoms with Crippen LogP contribution < -0.4 is 4.90 Å². The van der Waals surface area contributed by atoms with Crippen LogP contribution in [0, 0.1) is 10.1 Å². The molecule has 1 aliphatic heterocycles. The summed E-state index contributed by atoms with van der Waals surface area (Å²) in [6.45, 7) is 0. The van der Waals surface area contributed by atoms with Gasteiger partial charge < -0.3 is 9.67 Å². The van der Waals surface area contributed by atoms with E-state index in [2.05, 4.69) is 0 Å². The molecule has 4 aromatic rings. The van der Waals surface area contributed by atoms with Crippen molar-refractivity contribution in [1.29, 1.82) is 0 Å². The fourth-order valence-corrected chi connectivity index (χ4v) is 4.69. The molecule has 1 aromatic heterocycles. The number of amides is 1. The smallest absolute Gasteiger partial charge is 0.300 e. The number of non-ortho nitro benzene ring substituents is 1. The van der Waals surface area contributed by atoms with Crippen LogP contribution >= 0.6 is 11.6 Å². The third kappa shape index (κ3) is 3.64. The Hall–Kier alpha value is -4.43. The van der Waals surface area contributed by atoms with E-state index in [0.29, 0.717) is 16.3 Å². The molecule has 1 saturated heterocycles. The van der Waals surface area contributed by atoms with E-state index < -0.39 is 28.4 Å². The average Bonchev–Trinajstić information content (AvgIpc) is 3.32. The lowest BCUT2D eigenvalue weighted by Gasteiger charge is -2.25. The molecular formula is C26H18ClN3O5. The number of nitrogens with zero attached hydrogens (tertiary/aromatic N) is 3. The van der Waals surface area contributed by atoms with Gasteiger partial charge in [0, 0.05) is 58.1 Å². The molecule has 8 nitrogen and oxygen atoms in total. The first-order valence-electron chi connectivity index (χ1n) is 10.6.